The molecule has 1 aliphatic carbocycles. The number of carbonyl (C=O) groups excluding carboxylic acids is 1. The molecule has 32 heavy (non-hydrogen) atoms. The summed E-state index contributed by atoms with van der Waals surface area (Å²) in [6, 6.07) is 4.24. The largest absolute Gasteiger partial charge is 0.489 e. The Balaban J connectivity index is 1.62. The van der Waals surface area contributed by atoms with Gasteiger partial charge in [-0.3, -0.25) is 4.79 Å². The molecule has 1 saturated carbocycles. The summed E-state index contributed by atoms with van der Waals surface area (Å²) >= 11 is 3.30. The Labute approximate surface area is 199 Å². The lowest BCUT2D eigenvalue weighted by Crippen LogP contribution is -2.45. The van der Waals surface area contributed by atoms with Crippen LogP contribution in [0.25, 0.3) is 0 Å². The van der Waals surface area contributed by atoms with E-state index in [1.807, 2.05) is 0 Å². The monoisotopic (exact) mass is 533 g/mol. The maximum atomic E-state index is 13.3. The second-order valence-corrected chi connectivity index (χ2v) is 12.6. The first-order valence-electron chi connectivity index (χ1n) is 11.3. The Kier molecular flexibility index (Phi) is 8.25. The number of hydrogen-bond acceptors (Lipinski definition) is 5. The Morgan fingerprint density at radius 3 is 2.38 bits per heavy atom. The molecule has 1 aromatic carbocycles. The highest BCUT2D eigenvalue weighted by Crippen LogP contribution is 2.35. The highest BCUT2D eigenvalue weighted by molar-refractivity contribution is 9.10. The minimum Gasteiger partial charge on any atom is -0.489 e. The molecule has 0 amide bonds. The zero-order valence-corrected chi connectivity index (χ0v) is 21.4. The first kappa shape index (κ1) is 25.4. The molecule has 3 rings (SSSR count). The number of hydrogen-bond donors (Lipinski definition) is 0. The van der Waals surface area contributed by atoms with E-state index in [9.17, 15) is 17.6 Å². The van der Waals surface area contributed by atoms with Gasteiger partial charge < -0.3 is 9.47 Å². The van der Waals surface area contributed by atoms with E-state index in [4.69, 9.17) is 9.47 Å². The fraction of sp³-hybridized carbons (Fsp3) is 0.696. The normalized spacial score (nSPS) is 20.3. The van der Waals surface area contributed by atoms with E-state index in [1.54, 1.807) is 26.8 Å². The first-order valence-corrected chi connectivity index (χ1v) is 13.7. The number of carbonyl (C=O) groups is 1. The quantitative estimate of drug-likeness (QED) is 0.465. The molecule has 0 bridgehead atoms. The van der Waals surface area contributed by atoms with Gasteiger partial charge in [0.1, 0.15) is 23.3 Å². The Bertz CT molecular complexity index is 903. The lowest BCUT2D eigenvalue weighted by Gasteiger charge is -2.33. The van der Waals surface area contributed by atoms with Crippen LogP contribution in [0.2, 0.25) is 0 Å². The van der Waals surface area contributed by atoms with Gasteiger partial charge in [-0.2, -0.15) is 0 Å². The molecule has 0 radical (unpaired) electrons. The molecule has 2 aliphatic rings. The number of rotatable bonds is 7. The van der Waals surface area contributed by atoms with Crippen LogP contribution in [0.1, 0.15) is 59.3 Å². The highest BCUT2D eigenvalue weighted by Gasteiger charge is 2.39. The lowest BCUT2D eigenvalue weighted by molar-refractivity contribution is -0.161. The SMILES string of the molecule is CC(C)(C)OC(=O)C(CS(=O)(=O)N1CCC(Oc2ccc(F)cc2Br)CC1)C1CCCC1. The summed E-state index contributed by atoms with van der Waals surface area (Å²) in [5.74, 6) is -1.01. The highest BCUT2D eigenvalue weighted by atomic mass is 79.9. The number of esters is 1. The van der Waals surface area contributed by atoms with Gasteiger partial charge in [-0.25, -0.2) is 17.1 Å². The summed E-state index contributed by atoms with van der Waals surface area (Å²) in [5, 5.41) is 0. The molecule has 0 aromatic heterocycles. The molecule has 1 aromatic rings. The van der Waals surface area contributed by atoms with Crippen LogP contribution in [-0.2, 0) is 19.6 Å². The molecule has 1 heterocycles. The van der Waals surface area contributed by atoms with Gasteiger partial charge in [-0.05, 0) is 86.5 Å². The molecule has 0 N–H and O–H groups in total. The van der Waals surface area contributed by atoms with Gasteiger partial charge in [0.25, 0.3) is 0 Å². The van der Waals surface area contributed by atoms with E-state index >= 15 is 0 Å². The fourth-order valence-electron chi connectivity index (χ4n) is 4.44. The molecule has 1 unspecified atom stereocenters. The topological polar surface area (TPSA) is 72.9 Å². The number of benzene rings is 1. The summed E-state index contributed by atoms with van der Waals surface area (Å²) in [6.45, 7) is 6.06. The van der Waals surface area contributed by atoms with Crippen LogP contribution < -0.4 is 4.74 Å². The van der Waals surface area contributed by atoms with Gasteiger partial charge in [0.05, 0.1) is 16.1 Å². The van der Waals surface area contributed by atoms with Crippen molar-refractivity contribution in [3.63, 3.8) is 0 Å². The number of ether oxygens (including phenoxy) is 2. The molecule has 1 atom stereocenters. The second-order valence-electron chi connectivity index (χ2n) is 9.75. The first-order chi connectivity index (χ1) is 14.9. The third-order valence-corrected chi connectivity index (χ3v) is 8.60. The average Bonchev–Trinajstić information content (AvgIpc) is 3.22. The van der Waals surface area contributed by atoms with Crippen molar-refractivity contribution in [2.45, 2.75) is 71.0 Å². The van der Waals surface area contributed by atoms with Crippen molar-refractivity contribution in [2.24, 2.45) is 11.8 Å². The van der Waals surface area contributed by atoms with Crippen molar-refractivity contribution in [1.29, 1.82) is 0 Å². The van der Waals surface area contributed by atoms with Gasteiger partial charge in [0, 0.05) is 13.1 Å². The number of sulfonamides is 1. The van der Waals surface area contributed by atoms with Gasteiger partial charge in [-0.1, -0.05) is 12.8 Å². The van der Waals surface area contributed by atoms with Crippen LogP contribution in [-0.4, -0.2) is 49.2 Å². The zero-order chi connectivity index (χ0) is 23.5. The zero-order valence-electron chi connectivity index (χ0n) is 19.0. The molecule has 180 valence electrons. The lowest BCUT2D eigenvalue weighted by atomic mass is 9.92. The molecule has 2 fully saturated rings. The molecular weight excluding hydrogens is 501 g/mol. The third kappa shape index (κ3) is 6.90. The summed E-state index contributed by atoms with van der Waals surface area (Å²) < 4.78 is 53.2. The molecular formula is C23H33BrFNO5S. The fourth-order valence-corrected chi connectivity index (χ4v) is 6.73. The third-order valence-electron chi connectivity index (χ3n) is 6.05. The van der Waals surface area contributed by atoms with Gasteiger partial charge in [0.2, 0.25) is 10.0 Å². The van der Waals surface area contributed by atoms with Crippen LogP contribution in [0.5, 0.6) is 5.75 Å². The van der Waals surface area contributed by atoms with Crippen LogP contribution in [0.3, 0.4) is 0 Å². The van der Waals surface area contributed by atoms with Crippen molar-refractivity contribution in [3.8, 4) is 5.75 Å². The van der Waals surface area contributed by atoms with E-state index in [-0.39, 0.29) is 23.6 Å². The maximum absolute atomic E-state index is 13.3. The van der Waals surface area contributed by atoms with Crippen LogP contribution >= 0.6 is 15.9 Å². The van der Waals surface area contributed by atoms with Crippen LogP contribution in [0.15, 0.2) is 22.7 Å². The van der Waals surface area contributed by atoms with E-state index in [1.165, 1.54) is 16.4 Å². The average molecular weight is 534 g/mol. The predicted molar refractivity (Wildman–Crippen MR) is 124 cm³/mol. The van der Waals surface area contributed by atoms with Crippen molar-refractivity contribution in [3.05, 3.63) is 28.5 Å². The Morgan fingerprint density at radius 2 is 1.81 bits per heavy atom. The minimum atomic E-state index is -3.61. The number of halogens is 2. The van der Waals surface area contributed by atoms with E-state index in [0.29, 0.717) is 36.2 Å². The van der Waals surface area contributed by atoms with Crippen molar-refractivity contribution < 1.29 is 27.1 Å². The number of nitrogens with zero attached hydrogens (tertiary/aromatic N) is 1. The molecule has 1 saturated heterocycles. The molecule has 9 heteroatoms. The standard InChI is InChI=1S/C23H33BrFNO5S/c1-23(2,3)31-22(27)19(16-6-4-5-7-16)15-32(28,29)26-12-10-18(11-13-26)30-21-9-8-17(25)14-20(21)24/h8-9,14,16,18-19H,4-7,10-13,15H2,1-3H3. The Hall–Kier alpha value is -1.19. The molecule has 6 nitrogen and oxygen atoms in total. The van der Waals surface area contributed by atoms with E-state index in [2.05, 4.69) is 15.9 Å². The van der Waals surface area contributed by atoms with Gasteiger partial charge >= 0.3 is 5.97 Å². The summed E-state index contributed by atoms with van der Waals surface area (Å²) in [4.78, 5) is 12.9. The summed E-state index contributed by atoms with van der Waals surface area (Å²) in [6.07, 6.45) is 4.67. The van der Waals surface area contributed by atoms with Crippen LogP contribution in [0, 0.1) is 17.7 Å². The molecule has 0 spiro atoms. The van der Waals surface area contributed by atoms with E-state index < -0.39 is 27.5 Å². The summed E-state index contributed by atoms with van der Waals surface area (Å²) in [7, 11) is -3.61. The van der Waals surface area contributed by atoms with Crippen molar-refractivity contribution >= 4 is 31.9 Å². The Morgan fingerprint density at radius 1 is 1.19 bits per heavy atom. The summed E-state index contributed by atoms with van der Waals surface area (Å²) in [5.41, 5.74) is -0.651. The van der Waals surface area contributed by atoms with Crippen molar-refractivity contribution in [1.82, 2.24) is 4.31 Å². The smallest absolute Gasteiger partial charge is 0.310 e. The predicted octanol–water partition coefficient (Wildman–Crippen LogP) is 4.91. The van der Waals surface area contributed by atoms with Gasteiger partial charge in [-0.15, -0.1) is 0 Å². The van der Waals surface area contributed by atoms with Crippen molar-refractivity contribution in [2.75, 3.05) is 18.8 Å². The van der Waals surface area contributed by atoms with Gasteiger partial charge in [0.15, 0.2) is 0 Å². The second kappa shape index (κ2) is 10.4. The maximum Gasteiger partial charge on any atom is 0.310 e. The number of piperidine rings is 1. The molecule has 1 aliphatic heterocycles. The van der Waals surface area contributed by atoms with Crippen LogP contribution in [0.4, 0.5) is 4.39 Å². The minimum absolute atomic E-state index is 0.0522. The van der Waals surface area contributed by atoms with E-state index in [0.717, 1.165) is 25.7 Å².